The van der Waals surface area contributed by atoms with E-state index in [1.165, 1.54) is 6.07 Å². The van der Waals surface area contributed by atoms with Gasteiger partial charge in [0.1, 0.15) is 0 Å². The van der Waals surface area contributed by atoms with Gasteiger partial charge in [-0.2, -0.15) is 13.2 Å². The first-order valence-electron chi connectivity index (χ1n) is 6.43. The zero-order valence-corrected chi connectivity index (χ0v) is 10.9. The number of aryl methyl sites for hydroxylation is 1. The van der Waals surface area contributed by atoms with E-state index in [4.69, 9.17) is 0 Å². The van der Waals surface area contributed by atoms with Crippen molar-refractivity contribution in [3.63, 3.8) is 0 Å². The van der Waals surface area contributed by atoms with Crippen LogP contribution in [-0.4, -0.2) is 29.2 Å². The SMILES string of the molecule is Cc1cc(C(F)(F)F)ccc1CN1CCC[C@H](O)C1. The molecular weight excluding hydrogens is 255 g/mol. The zero-order chi connectivity index (χ0) is 14.0. The second-order valence-electron chi connectivity index (χ2n) is 5.17. The molecule has 0 aromatic heterocycles. The summed E-state index contributed by atoms with van der Waals surface area (Å²) in [7, 11) is 0. The number of benzene rings is 1. The largest absolute Gasteiger partial charge is 0.416 e. The average molecular weight is 273 g/mol. The molecule has 0 bridgehead atoms. The van der Waals surface area contributed by atoms with Gasteiger partial charge in [-0.05, 0) is 49.6 Å². The van der Waals surface area contributed by atoms with Crippen molar-refractivity contribution in [3.8, 4) is 0 Å². The van der Waals surface area contributed by atoms with Crippen LogP contribution in [-0.2, 0) is 12.7 Å². The van der Waals surface area contributed by atoms with Crippen molar-refractivity contribution in [2.75, 3.05) is 13.1 Å². The highest BCUT2D eigenvalue weighted by Gasteiger charge is 2.30. The van der Waals surface area contributed by atoms with Gasteiger partial charge in [0.05, 0.1) is 11.7 Å². The first kappa shape index (κ1) is 14.3. The fraction of sp³-hybridized carbons (Fsp3) is 0.571. The van der Waals surface area contributed by atoms with Gasteiger partial charge < -0.3 is 5.11 Å². The van der Waals surface area contributed by atoms with E-state index in [0.29, 0.717) is 18.7 Å². The molecule has 2 nitrogen and oxygen atoms in total. The van der Waals surface area contributed by atoms with Gasteiger partial charge in [-0.15, -0.1) is 0 Å². The Morgan fingerprint density at radius 3 is 2.68 bits per heavy atom. The number of alkyl halides is 3. The fourth-order valence-electron chi connectivity index (χ4n) is 2.47. The summed E-state index contributed by atoms with van der Waals surface area (Å²) in [6.07, 6.45) is -2.86. The van der Waals surface area contributed by atoms with E-state index in [0.717, 1.165) is 31.0 Å². The van der Waals surface area contributed by atoms with Crippen LogP contribution in [0.1, 0.15) is 29.5 Å². The third-order valence-electron chi connectivity index (χ3n) is 3.54. The van der Waals surface area contributed by atoms with E-state index >= 15 is 0 Å². The number of nitrogens with zero attached hydrogens (tertiary/aromatic N) is 1. The summed E-state index contributed by atoms with van der Waals surface area (Å²) >= 11 is 0. The molecule has 1 aromatic carbocycles. The quantitative estimate of drug-likeness (QED) is 0.895. The monoisotopic (exact) mass is 273 g/mol. The van der Waals surface area contributed by atoms with Gasteiger partial charge >= 0.3 is 6.18 Å². The minimum absolute atomic E-state index is 0.316. The lowest BCUT2D eigenvalue weighted by molar-refractivity contribution is -0.137. The highest BCUT2D eigenvalue weighted by Crippen LogP contribution is 2.30. The molecule has 19 heavy (non-hydrogen) atoms. The van der Waals surface area contributed by atoms with Crippen LogP contribution in [0.15, 0.2) is 18.2 Å². The second-order valence-corrected chi connectivity index (χ2v) is 5.17. The molecule has 1 aliphatic rings. The molecule has 2 rings (SSSR count). The molecule has 0 aliphatic carbocycles. The summed E-state index contributed by atoms with van der Waals surface area (Å²) in [5.41, 5.74) is 0.935. The first-order chi connectivity index (χ1) is 8.86. The zero-order valence-electron chi connectivity index (χ0n) is 10.9. The molecule has 1 heterocycles. The molecule has 1 fully saturated rings. The second kappa shape index (κ2) is 5.51. The predicted molar refractivity (Wildman–Crippen MR) is 66.7 cm³/mol. The van der Waals surface area contributed by atoms with Crippen molar-refractivity contribution in [1.29, 1.82) is 0 Å². The van der Waals surface area contributed by atoms with Crippen LogP contribution in [0.5, 0.6) is 0 Å². The summed E-state index contributed by atoms with van der Waals surface area (Å²) in [4.78, 5) is 2.09. The summed E-state index contributed by atoms with van der Waals surface area (Å²) < 4.78 is 37.7. The van der Waals surface area contributed by atoms with Gasteiger partial charge in [0, 0.05) is 13.1 Å². The Morgan fingerprint density at radius 1 is 1.37 bits per heavy atom. The summed E-state index contributed by atoms with van der Waals surface area (Å²) in [6.45, 7) is 3.78. The predicted octanol–water partition coefficient (Wildman–Crippen LogP) is 2.97. The first-order valence-corrected chi connectivity index (χ1v) is 6.43. The van der Waals surface area contributed by atoms with E-state index in [2.05, 4.69) is 4.90 Å². The Balaban J connectivity index is 2.09. The Labute approximate surface area is 110 Å². The van der Waals surface area contributed by atoms with Crippen molar-refractivity contribution >= 4 is 0 Å². The molecule has 1 N–H and O–H groups in total. The molecule has 0 saturated carbocycles. The average Bonchev–Trinajstić information content (AvgIpc) is 2.30. The lowest BCUT2D eigenvalue weighted by Crippen LogP contribution is -2.37. The number of rotatable bonds is 2. The maximum Gasteiger partial charge on any atom is 0.416 e. The number of hydrogen-bond acceptors (Lipinski definition) is 2. The molecule has 1 aliphatic heterocycles. The van der Waals surface area contributed by atoms with Crippen molar-refractivity contribution in [2.45, 2.75) is 38.6 Å². The number of piperidine rings is 1. The molecular formula is C14H18F3NO. The maximum absolute atomic E-state index is 12.6. The molecule has 1 aromatic rings. The van der Waals surface area contributed by atoms with Crippen LogP contribution in [0.2, 0.25) is 0 Å². The van der Waals surface area contributed by atoms with Crippen LogP contribution in [0.25, 0.3) is 0 Å². The van der Waals surface area contributed by atoms with Crippen LogP contribution >= 0.6 is 0 Å². The number of aliphatic hydroxyl groups is 1. The van der Waals surface area contributed by atoms with Crippen LogP contribution in [0.4, 0.5) is 13.2 Å². The highest BCUT2D eigenvalue weighted by molar-refractivity contribution is 5.32. The Kier molecular flexibility index (Phi) is 4.16. The van der Waals surface area contributed by atoms with Gasteiger partial charge in [-0.25, -0.2) is 0 Å². The molecule has 0 amide bonds. The van der Waals surface area contributed by atoms with E-state index in [-0.39, 0.29) is 6.10 Å². The number of aliphatic hydroxyl groups excluding tert-OH is 1. The molecule has 0 spiro atoms. The number of hydrogen-bond donors (Lipinski definition) is 1. The molecule has 1 saturated heterocycles. The Bertz CT molecular complexity index is 445. The molecule has 0 radical (unpaired) electrons. The van der Waals surface area contributed by atoms with Gasteiger partial charge in [0.2, 0.25) is 0 Å². The van der Waals surface area contributed by atoms with Crippen molar-refractivity contribution in [2.24, 2.45) is 0 Å². The number of likely N-dealkylation sites (tertiary alicyclic amines) is 1. The number of halogens is 3. The maximum atomic E-state index is 12.6. The summed E-state index contributed by atoms with van der Waals surface area (Å²) in [5, 5.41) is 9.59. The fourth-order valence-corrected chi connectivity index (χ4v) is 2.47. The smallest absolute Gasteiger partial charge is 0.392 e. The normalized spacial score (nSPS) is 21.6. The van der Waals surface area contributed by atoms with Crippen molar-refractivity contribution in [1.82, 2.24) is 4.90 Å². The molecule has 0 unspecified atom stereocenters. The lowest BCUT2D eigenvalue weighted by atomic mass is 10.0. The van der Waals surface area contributed by atoms with E-state index in [9.17, 15) is 18.3 Å². The van der Waals surface area contributed by atoms with Crippen LogP contribution in [0.3, 0.4) is 0 Å². The third-order valence-corrected chi connectivity index (χ3v) is 3.54. The van der Waals surface area contributed by atoms with Crippen molar-refractivity contribution in [3.05, 3.63) is 34.9 Å². The topological polar surface area (TPSA) is 23.5 Å². The van der Waals surface area contributed by atoms with Gasteiger partial charge in [0.15, 0.2) is 0 Å². The lowest BCUT2D eigenvalue weighted by Gasteiger charge is -2.30. The van der Waals surface area contributed by atoms with Crippen molar-refractivity contribution < 1.29 is 18.3 Å². The van der Waals surface area contributed by atoms with Gasteiger partial charge in [-0.1, -0.05) is 6.07 Å². The van der Waals surface area contributed by atoms with E-state index in [1.807, 2.05) is 0 Å². The van der Waals surface area contributed by atoms with E-state index in [1.54, 1.807) is 13.0 Å². The Morgan fingerprint density at radius 2 is 2.11 bits per heavy atom. The van der Waals surface area contributed by atoms with Gasteiger partial charge in [0.25, 0.3) is 0 Å². The summed E-state index contributed by atoms with van der Waals surface area (Å²) in [6, 6.07) is 3.86. The molecule has 106 valence electrons. The van der Waals surface area contributed by atoms with E-state index < -0.39 is 11.7 Å². The van der Waals surface area contributed by atoms with Crippen LogP contribution < -0.4 is 0 Å². The van der Waals surface area contributed by atoms with Crippen LogP contribution in [0, 0.1) is 6.92 Å². The molecule has 1 atom stereocenters. The third kappa shape index (κ3) is 3.70. The standard InChI is InChI=1S/C14H18F3NO/c1-10-7-12(14(15,16)17)5-4-11(10)8-18-6-2-3-13(19)9-18/h4-5,7,13,19H,2-3,6,8-9H2,1H3/t13-/m0/s1. The van der Waals surface area contributed by atoms with Gasteiger partial charge in [-0.3, -0.25) is 4.90 Å². The Hall–Kier alpha value is -1.07. The minimum Gasteiger partial charge on any atom is -0.392 e. The minimum atomic E-state index is -4.29. The molecule has 5 heteroatoms. The number of β-amino-alcohol motifs (C(OH)–C–C–N with tert-alkyl or cyclic N) is 1. The highest BCUT2D eigenvalue weighted by atomic mass is 19.4. The summed E-state index contributed by atoms with van der Waals surface area (Å²) in [5.74, 6) is 0.